The number of benzene rings is 2. The Bertz CT molecular complexity index is 981. The highest BCUT2D eigenvalue weighted by atomic mass is 16.6. The number of methoxy groups -OCH3 is 1. The molecule has 0 radical (unpaired) electrons. The summed E-state index contributed by atoms with van der Waals surface area (Å²) in [6.07, 6.45) is 1.99. The fourth-order valence-corrected chi connectivity index (χ4v) is 3.29. The lowest BCUT2D eigenvalue weighted by Gasteiger charge is -2.24. The first-order valence-electron chi connectivity index (χ1n) is 9.53. The fraction of sp³-hybridized carbons (Fsp3) is 0.273. The predicted molar refractivity (Wildman–Crippen MR) is 112 cm³/mol. The normalized spacial score (nSPS) is 16.2. The van der Waals surface area contributed by atoms with Gasteiger partial charge in [-0.1, -0.05) is 12.1 Å². The molecule has 2 aromatic carbocycles. The van der Waals surface area contributed by atoms with E-state index in [9.17, 15) is 14.9 Å². The van der Waals surface area contributed by atoms with E-state index >= 15 is 0 Å². The molecule has 156 valence electrons. The van der Waals surface area contributed by atoms with E-state index in [2.05, 4.69) is 0 Å². The molecule has 0 fully saturated rings. The number of carbonyl (C=O) groups excluding carboxylic acids is 1. The van der Waals surface area contributed by atoms with Gasteiger partial charge in [0.2, 0.25) is 0 Å². The minimum absolute atomic E-state index is 0.0263. The number of hydrogen-bond acceptors (Lipinski definition) is 7. The monoisotopic (exact) mass is 409 g/mol. The highest BCUT2D eigenvalue weighted by molar-refractivity contribution is 6.02. The third-order valence-electron chi connectivity index (χ3n) is 4.80. The molecule has 30 heavy (non-hydrogen) atoms. The highest BCUT2D eigenvalue weighted by Crippen LogP contribution is 2.36. The molecule has 0 saturated carbocycles. The van der Waals surface area contributed by atoms with Gasteiger partial charge in [-0.25, -0.2) is 4.79 Å². The van der Waals surface area contributed by atoms with Crippen molar-refractivity contribution in [2.24, 2.45) is 5.10 Å². The summed E-state index contributed by atoms with van der Waals surface area (Å²) >= 11 is 0. The van der Waals surface area contributed by atoms with E-state index in [4.69, 9.17) is 14.6 Å². The maximum atomic E-state index is 11.9. The molecule has 2 aromatic rings. The van der Waals surface area contributed by atoms with E-state index < -0.39 is 10.9 Å². The first kappa shape index (κ1) is 21.0. The van der Waals surface area contributed by atoms with Gasteiger partial charge in [0.05, 0.1) is 30.4 Å². The number of non-ortho nitro benzene ring substituents is 1. The number of nitro benzene ring substituents is 1. The van der Waals surface area contributed by atoms with Gasteiger partial charge in [0.25, 0.3) is 5.69 Å². The van der Waals surface area contributed by atoms with Crippen molar-refractivity contribution in [3.05, 3.63) is 81.5 Å². The minimum atomic E-state index is -0.439. The molecule has 0 aromatic heterocycles. The van der Waals surface area contributed by atoms with Crippen LogP contribution in [0.25, 0.3) is 0 Å². The maximum absolute atomic E-state index is 11.9. The molecule has 1 atom stereocenters. The second kappa shape index (κ2) is 9.21. The van der Waals surface area contributed by atoms with E-state index in [1.54, 1.807) is 38.1 Å². The average Bonchev–Trinajstić information content (AvgIpc) is 3.19. The average molecular weight is 409 g/mol. The Morgan fingerprint density at radius 1 is 1.23 bits per heavy atom. The molecule has 0 N–H and O–H groups in total. The Labute approximate surface area is 174 Å². The van der Waals surface area contributed by atoms with Crippen molar-refractivity contribution in [2.45, 2.75) is 26.3 Å². The van der Waals surface area contributed by atoms with Crippen LogP contribution in [0.3, 0.4) is 0 Å². The minimum Gasteiger partial charge on any atom is -0.497 e. The Balaban J connectivity index is 1.95. The predicted octanol–water partition coefficient (Wildman–Crippen LogP) is 4.22. The van der Waals surface area contributed by atoms with Crippen molar-refractivity contribution < 1.29 is 19.2 Å². The van der Waals surface area contributed by atoms with Crippen molar-refractivity contribution in [2.75, 3.05) is 13.7 Å². The molecule has 0 spiro atoms. The molecule has 0 bridgehead atoms. The lowest BCUT2D eigenvalue weighted by atomic mass is 9.98. The van der Waals surface area contributed by atoms with Crippen LogP contribution in [-0.4, -0.2) is 35.3 Å². The van der Waals surface area contributed by atoms with Gasteiger partial charge in [-0.05, 0) is 49.2 Å². The van der Waals surface area contributed by atoms with Gasteiger partial charge in [0.15, 0.2) is 0 Å². The lowest BCUT2D eigenvalue weighted by Crippen LogP contribution is -2.19. The van der Waals surface area contributed by atoms with Crippen molar-refractivity contribution >= 4 is 17.4 Å². The molecule has 0 unspecified atom stereocenters. The first-order valence-corrected chi connectivity index (χ1v) is 9.53. The number of rotatable bonds is 7. The van der Waals surface area contributed by atoms with Gasteiger partial charge in [-0.15, -0.1) is 0 Å². The molecule has 0 saturated heterocycles. The molecule has 1 aliphatic heterocycles. The summed E-state index contributed by atoms with van der Waals surface area (Å²) in [4.78, 5) is 22.5. The van der Waals surface area contributed by atoms with E-state index in [1.165, 1.54) is 18.2 Å². The zero-order valence-electron chi connectivity index (χ0n) is 17.1. The number of ether oxygens (including phenoxy) is 2. The topological polar surface area (TPSA) is 94.3 Å². The van der Waals surface area contributed by atoms with E-state index in [-0.39, 0.29) is 18.3 Å². The Kier molecular flexibility index (Phi) is 6.46. The molecule has 3 rings (SSSR count). The zero-order valence-corrected chi connectivity index (χ0v) is 17.1. The Hall–Kier alpha value is -3.68. The number of hydrazone groups is 1. The summed E-state index contributed by atoms with van der Waals surface area (Å²) in [5.74, 6) is 0.310. The smallest absolute Gasteiger partial charge is 0.332 e. The number of nitrogens with zero attached hydrogens (tertiary/aromatic N) is 3. The number of carbonyl (C=O) groups is 1. The summed E-state index contributed by atoms with van der Waals surface area (Å²) in [5.41, 5.74) is 3.30. The van der Waals surface area contributed by atoms with Gasteiger partial charge in [-0.2, -0.15) is 5.10 Å². The Morgan fingerprint density at radius 2 is 1.90 bits per heavy atom. The van der Waals surface area contributed by atoms with Crippen LogP contribution in [0.1, 0.15) is 37.4 Å². The number of esters is 1. The van der Waals surface area contributed by atoms with E-state index in [0.717, 1.165) is 22.6 Å². The van der Waals surface area contributed by atoms with Gasteiger partial charge in [0.1, 0.15) is 5.75 Å². The van der Waals surface area contributed by atoms with Crippen molar-refractivity contribution in [3.8, 4) is 5.75 Å². The molecule has 0 amide bonds. The second-order valence-electron chi connectivity index (χ2n) is 6.73. The van der Waals surface area contributed by atoms with Crippen LogP contribution >= 0.6 is 0 Å². The quantitative estimate of drug-likeness (QED) is 0.294. The number of hydrogen-bond donors (Lipinski definition) is 0. The van der Waals surface area contributed by atoms with Crippen LogP contribution < -0.4 is 4.74 Å². The van der Waals surface area contributed by atoms with Crippen molar-refractivity contribution in [3.63, 3.8) is 0 Å². The number of nitro groups is 1. The molecule has 1 aliphatic rings. The third kappa shape index (κ3) is 4.65. The lowest BCUT2D eigenvalue weighted by molar-refractivity contribution is -0.384. The summed E-state index contributed by atoms with van der Waals surface area (Å²) in [6.45, 7) is 3.82. The van der Waals surface area contributed by atoms with Gasteiger partial charge >= 0.3 is 5.97 Å². The van der Waals surface area contributed by atoms with Crippen LogP contribution in [0.2, 0.25) is 0 Å². The zero-order chi connectivity index (χ0) is 21.7. The summed E-state index contributed by atoms with van der Waals surface area (Å²) in [5, 5.41) is 17.5. The highest BCUT2D eigenvalue weighted by Gasteiger charge is 2.30. The number of allylic oxidation sites excluding steroid dienone is 1. The molecule has 1 heterocycles. The third-order valence-corrected chi connectivity index (χ3v) is 4.80. The molecule has 0 aliphatic carbocycles. The molecule has 8 nitrogen and oxygen atoms in total. The summed E-state index contributed by atoms with van der Waals surface area (Å²) < 4.78 is 10.2. The van der Waals surface area contributed by atoms with Crippen LogP contribution in [0.4, 0.5) is 5.69 Å². The standard InChI is InChI=1S/C22H23N3O5/c1-4-30-22(26)13-15(2)24-21(17-5-9-18(10-6-17)25(27)28)14-20(23-24)16-7-11-19(29-3)12-8-16/h5-13,21H,4,14H2,1-3H3/b15-13-/t21-/m1/s1. The van der Waals surface area contributed by atoms with Crippen molar-refractivity contribution in [1.29, 1.82) is 0 Å². The Morgan fingerprint density at radius 3 is 2.47 bits per heavy atom. The first-order chi connectivity index (χ1) is 14.4. The molecule has 8 heteroatoms. The van der Waals surface area contributed by atoms with E-state index in [0.29, 0.717) is 12.1 Å². The van der Waals surface area contributed by atoms with Crippen molar-refractivity contribution in [1.82, 2.24) is 5.01 Å². The van der Waals surface area contributed by atoms with Crippen LogP contribution in [0, 0.1) is 10.1 Å². The van der Waals surface area contributed by atoms with E-state index in [1.807, 2.05) is 24.3 Å². The van der Waals surface area contributed by atoms with Crippen LogP contribution in [0.15, 0.2) is 65.4 Å². The second-order valence-corrected chi connectivity index (χ2v) is 6.73. The van der Waals surface area contributed by atoms with Gasteiger partial charge in [-0.3, -0.25) is 15.1 Å². The summed E-state index contributed by atoms with van der Waals surface area (Å²) in [6, 6.07) is 13.8. The molecular weight excluding hydrogens is 386 g/mol. The van der Waals surface area contributed by atoms with Gasteiger partial charge in [0, 0.05) is 30.3 Å². The molecular formula is C22H23N3O5. The largest absolute Gasteiger partial charge is 0.497 e. The maximum Gasteiger partial charge on any atom is 0.332 e. The van der Waals surface area contributed by atoms with Crippen LogP contribution in [-0.2, 0) is 9.53 Å². The fourth-order valence-electron chi connectivity index (χ4n) is 3.29. The SMILES string of the molecule is CCOC(=O)/C=C(/C)N1N=C(c2ccc(OC)cc2)C[C@@H]1c1ccc([N+](=O)[O-])cc1. The van der Waals surface area contributed by atoms with Gasteiger partial charge < -0.3 is 9.47 Å². The van der Waals surface area contributed by atoms with Crippen LogP contribution in [0.5, 0.6) is 5.75 Å². The summed E-state index contributed by atoms with van der Waals surface area (Å²) in [7, 11) is 1.61.